The van der Waals surface area contributed by atoms with Crippen LogP contribution < -0.4 is 5.32 Å². The number of nitrogens with zero attached hydrogens (tertiary/aromatic N) is 2. The lowest BCUT2D eigenvalue weighted by molar-refractivity contribution is -0.118. The molecule has 1 aromatic heterocycles. The Morgan fingerprint density at radius 3 is 3.17 bits per heavy atom. The van der Waals surface area contributed by atoms with Gasteiger partial charge in [-0.2, -0.15) is 0 Å². The third-order valence-corrected chi connectivity index (χ3v) is 3.62. The van der Waals surface area contributed by atoms with Crippen molar-refractivity contribution in [3.05, 3.63) is 23.5 Å². The number of amides is 1. The maximum absolute atomic E-state index is 11.9. The minimum Gasteiger partial charge on any atom is -0.322 e. The zero-order chi connectivity index (χ0) is 13.0. The number of halogens is 1. The lowest BCUT2D eigenvalue weighted by Gasteiger charge is -2.32. The van der Waals surface area contributed by atoms with Gasteiger partial charge in [0, 0.05) is 12.2 Å². The highest BCUT2D eigenvalue weighted by molar-refractivity contribution is 6.32. The second-order valence-corrected chi connectivity index (χ2v) is 5.06. The zero-order valence-corrected chi connectivity index (χ0v) is 11.3. The molecule has 0 bridgehead atoms. The van der Waals surface area contributed by atoms with Gasteiger partial charge in [0.1, 0.15) is 0 Å². The van der Waals surface area contributed by atoms with Gasteiger partial charge in [0.25, 0.3) is 0 Å². The molecule has 1 aliphatic rings. The second kappa shape index (κ2) is 6.16. The van der Waals surface area contributed by atoms with Gasteiger partial charge in [-0.3, -0.25) is 9.69 Å². The largest absolute Gasteiger partial charge is 0.322 e. The molecule has 1 aromatic rings. The van der Waals surface area contributed by atoms with Crippen LogP contribution >= 0.6 is 11.6 Å². The minimum atomic E-state index is -0.0290. The molecule has 0 aliphatic carbocycles. The van der Waals surface area contributed by atoms with E-state index < -0.39 is 0 Å². The van der Waals surface area contributed by atoms with Crippen molar-refractivity contribution in [2.24, 2.45) is 0 Å². The van der Waals surface area contributed by atoms with Crippen LogP contribution in [0.2, 0.25) is 5.15 Å². The quantitative estimate of drug-likeness (QED) is 0.856. The molecule has 1 N–H and O–H groups in total. The molecule has 1 atom stereocenters. The van der Waals surface area contributed by atoms with Crippen molar-refractivity contribution >= 4 is 23.2 Å². The highest BCUT2D eigenvalue weighted by Gasteiger charge is 2.20. The van der Waals surface area contributed by atoms with E-state index in [1.807, 2.05) is 0 Å². The van der Waals surface area contributed by atoms with E-state index in [2.05, 4.69) is 22.1 Å². The Labute approximate surface area is 112 Å². The molecule has 98 valence electrons. The summed E-state index contributed by atoms with van der Waals surface area (Å²) in [7, 11) is 0. The normalized spacial score (nSPS) is 20.7. The topological polar surface area (TPSA) is 45.2 Å². The molecule has 0 radical (unpaired) electrons. The van der Waals surface area contributed by atoms with Crippen LogP contribution in [0, 0.1) is 0 Å². The Morgan fingerprint density at radius 2 is 2.44 bits per heavy atom. The summed E-state index contributed by atoms with van der Waals surface area (Å²) in [6.07, 6.45) is 5.20. The number of piperidine rings is 1. The Balaban J connectivity index is 1.90. The van der Waals surface area contributed by atoms with Gasteiger partial charge in [0.15, 0.2) is 5.15 Å². The molecular weight excluding hydrogens is 250 g/mol. The molecule has 2 heterocycles. The highest BCUT2D eigenvalue weighted by Crippen LogP contribution is 2.19. The number of pyridine rings is 1. The average Bonchev–Trinajstić information content (AvgIpc) is 2.35. The summed E-state index contributed by atoms with van der Waals surface area (Å²) in [6, 6.07) is 3.99. The number of likely N-dealkylation sites (tertiary alicyclic amines) is 1. The summed E-state index contributed by atoms with van der Waals surface area (Å²) in [4.78, 5) is 18.1. The predicted octanol–water partition coefficient (Wildman–Crippen LogP) is 2.55. The standard InChI is InChI=1S/C13H18ClN3O/c1-10-5-2-3-8-17(10)9-12(18)16-11-6-4-7-15-13(11)14/h4,6-7,10H,2-3,5,8-9H2,1H3,(H,16,18)/t10-/m1/s1. The maximum atomic E-state index is 11.9. The number of hydrogen-bond acceptors (Lipinski definition) is 3. The van der Waals surface area contributed by atoms with Gasteiger partial charge < -0.3 is 5.32 Å². The fourth-order valence-corrected chi connectivity index (χ4v) is 2.41. The Morgan fingerprint density at radius 1 is 1.61 bits per heavy atom. The predicted molar refractivity (Wildman–Crippen MR) is 72.8 cm³/mol. The molecule has 5 heteroatoms. The average molecular weight is 268 g/mol. The van der Waals surface area contributed by atoms with Crippen LogP contribution in [-0.4, -0.2) is 34.9 Å². The Hall–Kier alpha value is -1.13. The lowest BCUT2D eigenvalue weighted by atomic mass is 10.0. The summed E-state index contributed by atoms with van der Waals surface area (Å²) in [5, 5.41) is 3.13. The van der Waals surface area contributed by atoms with Gasteiger partial charge in [0.2, 0.25) is 5.91 Å². The number of rotatable bonds is 3. The molecule has 2 rings (SSSR count). The van der Waals surface area contributed by atoms with Crippen molar-refractivity contribution in [3.63, 3.8) is 0 Å². The van der Waals surface area contributed by atoms with Gasteiger partial charge in [-0.1, -0.05) is 18.0 Å². The maximum Gasteiger partial charge on any atom is 0.238 e. The van der Waals surface area contributed by atoms with Crippen molar-refractivity contribution < 1.29 is 4.79 Å². The van der Waals surface area contributed by atoms with Crippen LogP contribution in [-0.2, 0) is 4.79 Å². The SMILES string of the molecule is C[C@@H]1CCCCN1CC(=O)Nc1cccnc1Cl. The van der Waals surface area contributed by atoms with Crippen molar-refractivity contribution in [3.8, 4) is 0 Å². The smallest absolute Gasteiger partial charge is 0.238 e. The van der Waals surface area contributed by atoms with Crippen LogP contribution in [0.25, 0.3) is 0 Å². The molecule has 1 saturated heterocycles. The number of hydrogen-bond donors (Lipinski definition) is 1. The van der Waals surface area contributed by atoms with E-state index in [0.717, 1.165) is 6.54 Å². The first-order valence-electron chi connectivity index (χ1n) is 6.31. The van der Waals surface area contributed by atoms with Gasteiger partial charge in [-0.15, -0.1) is 0 Å². The van der Waals surface area contributed by atoms with Crippen molar-refractivity contribution in [1.29, 1.82) is 0 Å². The summed E-state index contributed by atoms with van der Waals surface area (Å²) in [5.41, 5.74) is 0.578. The lowest BCUT2D eigenvalue weighted by Crippen LogP contribution is -2.42. The van der Waals surface area contributed by atoms with E-state index in [0.29, 0.717) is 23.4 Å². The van der Waals surface area contributed by atoms with Crippen molar-refractivity contribution in [2.75, 3.05) is 18.4 Å². The molecule has 4 nitrogen and oxygen atoms in total. The van der Waals surface area contributed by atoms with Crippen LogP contribution in [0.15, 0.2) is 18.3 Å². The van der Waals surface area contributed by atoms with Crippen LogP contribution in [0.5, 0.6) is 0 Å². The van der Waals surface area contributed by atoms with Crippen molar-refractivity contribution in [1.82, 2.24) is 9.88 Å². The molecule has 0 aromatic carbocycles. The Bertz CT molecular complexity index is 424. The first-order valence-corrected chi connectivity index (χ1v) is 6.69. The van der Waals surface area contributed by atoms with Crippen LogP contribution in [0.1, 0.15) is 26.2 Å². The van der Waals surface area contributed by atoms with Crippen molar-refractivity contribution in [2.45, 2.75) is 32.2 Å². The number of carbonyl (C=O) groups is 1. The molecule has 1 amide bonds. The molecule has 1 fully saturated rings. The van der Waals surface area contributed by atoms with E-state index in [1.165, 1.54) is 19.3 Å². The van der Waals surface area contributed by atoms with Gasteiger partial charge in [0.05, 0.1) is 12.2 Å². The summed E-state index contributed by atoms with van der Waals surface area (Å²) in [5.74, 6) is -0.0290. The monoisotopic (exact) mass is 267 g/mol. The first kappa shape index (κ1) is 13.3. The molecule has 1 aliphatic heterocycles. The van der Waals surface area contributed by atoms with E-state index in [1.54, 1.807) is 18.3 Å². The molecule has 0 spiro atoms. The van der Waals surface area contributed by atoms with Crippen LogP contribution in [0.4, 0.5) is 5.69 Å². The fourth-order valence-electron chi connectivity index (χ4n) is 2.25. The number of carbonyl (C=O) groups excluding carboxylic acids is 1. The molecule has 18 heavy (non-hydrogen) atoms. The van der Waals surface area contributed by atoms with Gasteiger partial charge in [-0.05, 0) is 38.4 Å². The molecular formula is C13H18ClN3O. The van der Waals surface area contributed by atoms with E-state index >= 15 is 0 Å². The van der Waals surface area contributed by atoms with Crippen LogP contribution in [0.3, 0.4) is 0 Å². The summed E-state index contributed by atoms with van der Waals surface area (Å²) in [6.45, 7) is 3.59. The van der Waals surface area contributed by atoms with Gasteiger partial charge >= 0.3 is 0 Å². The van der Waals surface area contributed by atoms with Gasteiger partial charge in [-0.25, -0.2) is 4.98 Å². The summed E-state index contributed by atoms with van der Waals surface area (Å²) >= 11 is 5.90. The molecule has 0 unspecified atom stereocenters. The first-order chi connectivity index (χ1) is 8.66. The summed E-state index contributed by atoms with van der Waals surface area (Å²) < 4.78 is 0. The Kier molecular flexibility index (Phi) is 4.55. The second-order valence-electron chi connectivity index (χ2n) is 4.71. The third-order valence-electron chi connectivity index (χ3n) is 3.32. The number of anilines is 1. The fraction of sp³-hybridized carbons (Fsp3) is 0.538. The zero-order valence-electron chi connectivity index (χ0n) is 10.5. The van der Waals surface area contributed by atoms with E-state index in [-0.39, 0.29) is 5.91 Å². The van der Waals surface area contributed by atoms with E-state index in [4.69, 9.17) is 11.6 Å². The van der Waals surface area contributed by atoms with E-state index in [9.17, 15) is 4.79 Å². The number of nitrogens with one attached hydrogen (secondary N) is 1. The third kappa shape index (κ3) is 3.43. The highest BCUT2D eigenvalue weighted by atomic mass is 35.5. The number of aromatic nitrogens is 1. The minimum absolute atomic E-state index is 0.0290. The molecule has 0 saturated carbocycles.